The first-order valence-electron chi connectivity index (χ1n) is 5.13. The van der Waals surface area contributed by atoms with Gasteiger partial charge in [0.05, 0.1) is 9.35 Å². The fourth-order valence-electron chi connectivity index (χ4n) is 1.47. The van der Waals surface area contributed by atoms with Crippen molar-refractivity contribution in [2.24, 2.45) is 0 Å². The Bertz CT molecular complexity index is 599. The zero-order chi connectivity index (χ0) is 13.1. The Morgan fingerprint density at radius 3 is 2.83 bits per heavy atom. The lowest BCUT2D eigenvalue weighted by Gasteiger charge is -2.15. The van der Waals surface area contributed by atoms with Crippen LogP contribution in [0.1, 0.15) is 15.9 Å². The lowest BCUT2D eigenvalue weighted by molar-refractivity contribution is 0.0782. The normalized spacial score (nSPS) is 10.3. The van der Waals surface area contributed by atoms with Crippen LogP contribution in [0, 0.1) is 0 Å². The van der Waals surface area contributed by atoms with Crippen LogP contribution >= 0.6 is 27.3 Å². The first-order chi connectivity index (χ1) is 8.56. The van der Waals surface area contributed by atoms with Gasteiger partial charge in [-0.25, -0.2) is 4.79 Å². The van der Waals surface area contributed by atoms with E-state index in [2.05, 4.69) is 20.3 Å². The third-order valence-corrected chi connectivity index (χ3v) is 3.89. The summed E-state index contributed by atoms with van der Waals surface area (Å²) in [6, 6.07) is 4.68. The maximum atomic E-state index is 12.0. The van der Waals surface area contributed by atoms with Crippen LogP contribution < -0.4 is 5.63 Å². The van der Waals surface area contributed by atoms with E-state index < -0.39 is 5.63 Å². The summed E-state index contributed by atoms with van der Waals surface area (Å²) in [6.45, 7) is 0.514. The lowest BCUT2D eigenvalue weighted by Crippen LogP contribution is -2.26. The van der Waals surface area contributed by atoms with E-state index in [1.165, 1.54) is 18.4 Å². The smallest absolute Gasteiger partial charge is 0.335 e. The minimum Gasteiger partial charge on any atom is -0.430 e. The number of amides is 1. The Morgan fingerprint density at radius 2 is 2.28 bits per heavy atom. The van der Waals surface area contributed by atoms with Crippen LogP contribution in [-0.2, 0) is 6.54 Å². The van der Waals surface area contributed by atoms with Crippen molar-refractivity contribution in [1.29, 1.82) is 0 Å². The second-order valence-corrected chi connectivity index (χ2v) is 6.05. The van der Waals surface area contributed by atoms with Crippen molar-refractivity contribution in [3.63, 3.8) is 0 Å². The number of hydrogen-bond donors (Lipinski definition) is 0. The van der Waals surface area contributed by atoms with Gasteiger partial charge >= 0.3 is 5.63 Å². The summed E-state index contributed by atoms with van der Waals surface area (Å²) in [5.74, 6) is -0.180. The molecule has 0 aliphatic rings. The molecule has 18 heavy (non-hydrogen) atoms. The molecule has 6 heteroatoms. The van der Waals surface area contributed by atoms with E-state index in [9.17, 15) is 9.59 Å². The molecule has 0 saturated carbocycles. The van der Waals surface area contributed by atoms with Crippen molar-refractivity contribution >= 4 is 33.2 Å². The van der Waals surface area contributed by atoms with Gasteiger partial charge in [-0.1, -0.05) is 0 Å². The van der Waals surface area contributed by atoms with Gasteiger partial charge in [0.2, 0.25) is 0 Å². The molecular formula is C12H10BrNO3S. The predicted octanol–water partition coefficient (Wildman–Crippen LogP) is 2.74. The van der Waals surface area contributed by atoms with Crippen LogP contribution in [0.15, 0.2) is 42.8 Å². The van der Waals surface area contributed by atoms with Gasteiger partial charge in [-0.05, 0) is 39.0 Å². The SMILES string of the molecule is CN(Cc1csc(Br)c1)C(=O)c1ccc(=O)oc1. The first-order valence-corrected chi connectivity index (χ1v) is 6.81. The van der Waals surface area contributed by atoms with Gasteiger partial charge in [0.1, 0.15) is 6.26 Å². The molecule has 0 fully saturated rings. The molecule has 2 heterocycles. The van der Waals surface area contributed by atoms with Crippen molar-refractivity contribution < 1.29 is 9.21 Å². The Labute approximate surface area is 116 Å². The zero-order valence-corrected chi connectivity index (χ0v) is 12.0. The summed E-state index contributed by atoms with van der Waals surface area (Å²) in [7, 11) is 1.71. The molecule has 0 spiro atoms. The molecule has 0 unspecified atom stereocenters. The maximum Gasteiger partial charge on any atom is 0.335 e. The van der Waals surface area contributed by atoms with Crippen LogP contribution in [0.2, 0.25) is 0 Å². The molecule has 2 aromatic rings. The average Bonchev–Trinajstić information content (AvgIpc) is 2.75. The number of rotatable bonds is 3. The minimum atomic E-state index is -0.462. The maximum absolute atomic E-state index is 12.0. The number of thiophene rings is 1. The lowest BCUT2D eigenvalue weighted by atomic mass is 10.2. The highest BCUT2D eigenvalue weighted by molar-refractivity contribution is 9.11. The van der Waals surface area contributed by atoms with Gasteiger partial charge in [0.25, 0.3) is 5.91 Å². The van der Waals surface area contributed by atoms with E-state index in [0.29, 0.717) is 12.1 Å². The van der Waals surface area contributed by atoms with Crippen LogP contribution in [0.5, 0.6) is 0 Å². The van der Waals surface area contributed by atoms with Crippen molar-refractivity contribution in [3.05, 3.63) is 55.2 Å². The zero-order valence-electron chi connectivity index (χ0n) is 9.55. The third kappa shape index (κ3) is 3.08. The van der Waals surface area contributed by atoms with Crippen molar-refractivity contribution in [2.75, 3.05) is 7.05 Å². The Morgan fingerprint density at radius 1 is 1.50 bits per heavy atom. The third-order valence-electron chi connectivity index (χ3n) is 2.34. The molecule has 0 bridgehead atoms. The van der Waals surface area contributed by atoms with E-state index in [0.717, 1.165) is 9.35 Å². The number of carbonyl (C=O) groups is 1. The van der Waals surface area contributed by atoms with Crippen molar-refractivity contribution in [3.8, 4) is 0 Å². The van der Waals surface area contributed by atoms with Gasteiger partial charge in [-0.3, -0.25) is 4.79 Å². The average molecular weight is 328 g/mol. The summed E-state index contributed by atoms with van der Waals surface area (Å²) in [4.78, 5) is 24.4. The fraction of sp³-hybridized carbons (Fsp3) is 0.167. The van der Waals surface area contributed by atoms with E-state index in [1.807, 2.05) is 11.4 Å². The van der Waals surface area contributed by atoms with Crippen LogP contribution in [-0.4, -0.2) is 17.9 Å². The van der Waals surface area contributed by atoms with Gasteiger partial charge in [-0.15, -0.1) is 11.3 Å². The molecule has 2 aromatic heterocycles. The van der Waals surface area contributed by atoms with Gasteiger partial charge < -0.3 is 9.32 Å². The first kappa shape index (κ1) is 13.0. The van der Waals surface area contributed by atoms with Crippen molar-refractivity contribution in [1.82, 2.24) is 4.90 Å². The molecule has 1 amide bonds. The molecule has 4 nitrogen and oxygen atoms in total. The summed E-state index contributed by atoms with van der Waals surface area (Å²) in [6.07, 6.45) is 1.19. The van der Waals surface area contributed by atoms with E-state index in [4.69, 9.17) is 0 Å². The summed E-state index contributed by atoms with van der Waals surface area (Å²) >= 11 is 4.95. The van der Waals surface area contributed by atoms with Gasteiger partial charge in [-0.2, -0.15) is 0 Å². The molecule has 0 aliphatic heterocycles. The van der Waals surface area contributed by atoms with E-state index in [1.54, 1.807) is 23.3 Å². The molecule has 2 rings (SSSR count). The highest BCUT2D eigenvalue weighted by Crippen LogP contribution is 2.21. The number of nitrogens with zero attached hydrogens (tertiary/aromatic N) is 1. The van der Waals surface area contributed by atoms with Crippen LogP contribution in [0.4, 0.5) is 0 Å². The predicted molar refractivity (Wildman–Crippen MR) is 72.8 cm³/mol. The van der Waals surface area contributed by atoms with Crippen LogP contribution in [0.25, 0.3) is 0 Å². The molecule has 0 aromatic carbocycles. The van der Waals surface area contributed by atoms with Gasteiger partial charge in [0.15, 0.2) is 0 Å². The van der Waals surface area contributed by atoms with Gasteiger partial charge in [0, 0.05) is 19.7 Å². The second-order valence-electron chi connectivity index (χ2n) is 3.76. The topological polar surface area (TPSA) is 50.5 Å². The highest BCUT2D eigenvalue weighted by Gasteiger charge is 2.13. The Balaban J connectivity index is 2.09. The fourth-order valence-corrected chi connectivity index (χ4v) is 2.67. The highest BCUT2D eigenvalue weighted by atomic mass is 79.9. The van der Waals surface area contributed by atoms with Crippen molar-refractivity contribution in [2.45, 2.75) is 6.54 Å². The van der Waals surface area contributed by atoms with Crippen LogP contribution in [0.3, 0.4) is 0 Å². The molecule has 0 radical (unpaired) electrons. The minimum absolute atomic E-state index is 0.180. The number of hydrogen-bond acceptors (Lipinski definition) is 4. The van der Waals surface area contributed by atoms with E-state index >= 15 is 0 Å². The molecule has 0 N–H and O–H groups in total. The second kappa shape index (κ2) is 5.49. The Hall–Kier alpha value is -1.40. The summed E-state index contributed by atoms with van der Waals surface area (Å²) < 4.78 is 5.71. The number of halogens is 1. The van der Waals surface area contributed by atoms with E-state index in [-0.39, 0.29) is 5.91 Å². The monoisotopic (exact) mass is 327 g/mol. The molecule has 94 valence electrons. The molecule has 0 aliphatic carbocycles. The molecule has 0 saturated heterocycles. The molecular weight excluding hydrogens is 318 g/mol. The quantitative estimate of drug-likeness (QED) is 0.870. The standard InChI is InChI=1S/C12H10BrNO3S/c1-14(5-8-4-10(13)18-7-8)12(16)9-2-3-11(15)17-6-9/h2-4,6-7H,5H2,1H3. The summed E-state index contributed by atoms with van der Waals surface area (Å²) in [5, 5.41) is 1.99. The Kier molecular flexibility index (Phi) is 3.98. The number of carbonyl (C=O) groups excluding carboxylic acids is 1. The summed E-state index contributed by atoms with van der Waals surface area (Å²) in [5.41, 5.74) is 0.961. The largest absolute Gasteiger partial charge is 0.430 e. The molecule has 0 atom stereocenters.